The monoisotopic (exact) mass is 119 g/mol. The first-order valence-corrected chi connectivity index (χ1v) is 2.53. The average molecular weight is 119 g/mol. The molecule has 9 heavy (non-hydrogen) atoms. The standard InChI is InChI=1S/C6H3N2O/c1-2-8-6-4-9-3-5(6)7-1/h1-3H. The fraction of sp³-hybridized carbons (Fsp3) is 0. The molecule has 1 radical (unpaired) electrons. The predicted molar refractivity (Wildman–Crippen MR) is 30.6 cm³/mol. The molecule has 0 fully saturated rings. The summed E-state index contributed by atoms with van der Waals surface area (Å²) in [5, 5.41) is 0. The van der Waals surface area contributed by atoms with Gasteiger partial charge in [-0.05, 0) is 0 Å². The van der Waals surface area contributed by atoms with Crippen LogP contribution in [0.4, 0.5) is 0 Å². The number of rotatable bonds is 0. The molecule has 2 aromatic rings. The van der Waals surface area contributed by atoms with E-state index in [0.717, 1.165) is 5.52 Å². The minimum Gasteiger partial charge on any atom is -0.456 e. The lowest BCUT2D eigenvalue weighted by Gasteiger charge is -1.78. The van der Waals surface area contributed by atoms with Gasteiger partial charge in [-0.3, -0.25) is 0 Å². The van der Waals surface area contributed by atoms with Gasteiger partial charge in [-0.2, -0.15) is 0 Å². The molecular formula is C6H3N2O. The first-order valence-electron chi connectivity index (χ1n) is 2.53. The Morgan fingerprint density at radius 1 is 1.33 bits per heavy atom. The van der Waals surface area contributed by atoms with Crippen molar-refractivity contribution in [3.63, 3.8) is 0 Å². The number of hydrogen-bond donors (Lipinski definition) is 0. The molecule has 0 aliphatic heterocycles. The summed E-state index contributed by atoms with van der Waals surface area (Å²) < 4.78 is 4.71. The van der Waals surface area contributed by atoms with Crippen LogP contribution < -0.4 is 0 Å². The van der Waals surface area contributed by atoms with E-state index in [1.807, 2.05) is 0 Å². The molecule has 0 spiro atoms. The van der Waals surface area contributed by atoms with Crippen LogP contribution >= 0.6 is 0 Å². The summed E-state index contributed by atoms with van der Waals surface area (Å²) in [6, 6.07) is 0. The number of nitrogens with zero attached hydrogens (tertiary/aromatic N) is 2. The largest absolute Gasteiger partial charge is 0.456 e. The number of furan rings is 1. The topological polar surface area (TPSA) is 38.9 Å². The van der Waals surface area contributed by atoms with E-state index in [2.05, 4.69) is 16.2 Å². The fourth-order valence-corrected chi connectivity index (χ4v) is 0.655. The van der Waals surface area contributed by atoms with Crippen LogP contribution in [0.2, 0.25) is 0 Å². The molecule has 0 aromatic carbocycles. The van der Waals surface area contributed by atoms with Crippen LogP contribution in [0.5, 0.6) is 0 Å². The highest BCUT2D eigenvalue weighted by molar-refractivity contribution is 5.70. The van der Waals surface area contributed by atoms with Crippen LogP contribution in [0.25, 0.3) is 11.0 Å². The van der Waals surface area contributed by atoms with Gasteiger partial charge < -0.3 is 4.42 Å². The number of fused-ring (bicyclic) bond motifs is 1. The SMILES string of the molecule is [c]1occ2nccnc12. The first-order chi connectivity index (χ1) is 4.47. The lowest BCUT2D eigenvalue weighted by Crippen LogP contribution is -1.73. The average Bonchev–Trinajstić information content (AvgIpc) is 2.33. The van der Waals surface area contributed by atoms with Crippen LogP contribution in [0.1, 0.15) is 0 Å². The van der Waals surface area contributed by atoms with Crippen LogP contribution in [-0.2, 0) is 0 Å². The van der Waals surface area contributed by atoms with E-state index in [1.165, 1.54) is 6.26 Å². The van der Waals surface area contributed by atoms with Crippen LogP contribution in [-0.4, -0.2) is 9.97 Å². The van der Waals surface area contributed by atoms with Crippen LogP contribution in [0.15, 0.2) is 23.1 Å². The third kappa shape index (κ3) is 0.579. The van der Waals surface area contributed by atoms with Gasteiger partial charge in [-0.15, -0.1) is 0 Å². The normalized spacial score (nSPS) is 10.2. The minimum atomic E-state index is 0.678. The summed E-state index contributed by atoms with van der Waals surface area (Å²) >= 11 is 0. The van der Waals surface area contributed by atoms with Gasteiger partial charge >= 0.3 is 0 Å². The second-order valence-corrected chi connectivity index (χ2v) is 1.63. The Labute approximate surface area is 51.3 Å². The molecular weight excluding hydrogens is 116 g/mol. The van der Waals surface area contributed by atoms with Crippen molar-refractivity contribution in [3.8, 4) is 0 Å². The van der Waals surface area contributed by atoms with Gasteiger partial charge in [0.1, 0.15) is 17.3 Å². The maximum absolute atomic E-state index is 4.71. The molecule has 0 amide bonds. The third-order valence-corrected chi connectivity index (χ3v) is 1.05. The zero-order chi connectivity index (χ0) is 6.10. The molecule has 0 bridgehead atoms. The summed E-state index contributed by atoms with van der Waals surface area (Å²) in [4.78, 5) is 7.88. The molecule has 0 unspecified atom stereocenters. The molecule has 0 saturated heterocycles. The van der Waals surface area contributed by atoms with Crippen molar-refractivity contribution in [1.29, 1.82) is 0 Å². The summed E-state index contributed by atoms with van der Waals surface area (Å²) in [6.45, 7) is 0. The summed E-state index contributed by atoms with van der Waals surface area (Å²) in [5.74, 6) is 0. The lowest BCUT2D eigenvalue weighted by atomic mass is 10.5. The Morgan fingerprint density at radius 2 is 2.22 bits per heavy atom. The third-order valence-electron chi connectivity index (χ3n) is 1.05. The van der Waals surface area contributed by atoms with Crippen LogP contribution in [0.3, 0.4) is 0 Å². The highest BCUT2D eigenvalue weighted by Gasteiger charge is 1.93. The van der Waals surface area contributed by atoms with E-state index in [-0.39, 0.29) is 0 Å². The molecule has 0 aliphatic carbocycles. The smallest absolute Gasteiger partial charge is 0.199 e. The van der Waals surface area contributed by atoms with Crippen molar-refractivity contribution in [2.45, 2.75) is 0 Å². The van der Waals surface area contributed by atoms with Crippen molar-refractivity contribution in [1.82, 2.24) is 9.97 Å². The van der Waals surface area contributed by atoms with Gasteiger partial charge in [0, 0.05) is 12.4 Å². The quantitative estimate of drug-likeness (QED) is 0.519. The zero-order valence-electron chi connectivity index (χ0n) is 4.53. The highest BCUT2D eigenvalue weighted by Crippen LogP contribution is 2.05. The Balaban J connectivity index is 2.95. The summed E-state index contributed by atoms with van der Waals surface area (Å²) in [7, 11) is 0. The molecule has 2 heterocycles. The van der Waals surface area contributed by atoms with Crippen molar-refractivity contribution >= 4 is 11.0 Å². The fourth-order valence-electron chi connectivity index (χ4n) is 0.655. The molecule has 2 aromatic heterocycles. The van der Waals surface area contributed by atoms with E-state index >= 15 is 0 Å². The van der Waals surface area contributed by atoms with Gasteiger partial charge in [0.15, 0.2) is 6.26 Å². The van der Waals surface area contributed by atoms with E-state index in [9.17, 15) is 0 Å². The first kappa shape index (κ1) is 4.49. The number of hydrogen-bond acceptors (Lipinski definition) is 3. The lowest BCUT2D eigenvalue weighted by molar-refractivity contribution is 0.562. The highest BCUT2D eigenvalue weighted by atomic mass is 16.3. The van der Waals surface area contributed by atoms with E-state index in [4.69, 9.17) is 4.42 Å². The Morgan fingerprint density at radius 3 is 3.11 bits per heavy atom. The van der Waals surface area contributed by atoms with Crippen molar-refractivity contribution in [3.05, 3.63) is 24.9 Å². The van der Waals surface area contributed by atoms with Gasteiger partial charge in [0.2, 0.25) is 0 Å². The summed E-state index contributed by atoms with van der Waals surface area (Å²) in [6.07, 6.45) is 7.31. The van der Waals surface area contributed by atoms with Gasteiger partial charge in [-0.25, -0.2) is 9.97 Å². The predicted octanol–water partition coefficient (Wildman–Crippen LogP) is 1.02. The Bertz CT molecular complexity index is 285. The van der Waals surface area contributed by atoms with Crippen molar-refractivity contribution < 1.29 is 4.42 Å². The molecule has 43 valence electrons. The van der Waals surface area contributed by atoms with Crippen LogP contribution in [0, 0.1) is 6.26 Å². The maximum Gasteiger partial charge on any atom is 0.199 e. The molecule has 2 rings (SSSR count). The van der Waals surface area contributed by atoms with Gasteiger partial charge in [0.25, 0.3) is 0 Å². The van der Waals surface area contributed by atoms with E-state index < -0.39 is 0 Å². The number of aromatic nitrogens is 2. The molecule has 0 N–H and O–H groups in total. The molecule has 3 nitrogen and oxygen atoms in total. The van der Waals surface area contributed by atoms with E-state index in [1.54, 1.807) is 12.4 Å². The van der Waals surface area contributed by atoms with Gasteiger partial charge in [-0.1, -0.05) is 0 Å². The van der Waals surface area contributed by atoms with E-state index in [0.29, 0.717) is 5.52 Å². The maximum atomic E-state index is 4.71. The molecule has 0 aliphatic rings. The molecule has 0 saturated carbocycles. The summed E-state index contributed by atoms with van der Waals surface area (Å²) in [5.41, 5.74) is 1.43. The second kappa shape index (κ2) is 1.55. The van der Waals surface area contributed by atoms with Gasteiger partial charge in [0.05, 0.1) is 0 Å². The Hall–Kier alpha value is -1.38. The van der Waals surface area contributed by atoms with Crippen molar-refractivity contribution in [2.24, 2.45) is 0 Å². The van der Waals surface area contributed by atoms with Crippen molar-refractivity contribution in [2.75, 3.05) is 0 Å². The second-order valence-electron chi connectivity index (χ2n) is 1.63. The molecule has 0 atom stereocenters. The Kier molecular flexibility index (Phi) is 0.773. The minimum absolute atomic E-state index is 0.678. The zero-order valence-corrected chi connectivity index (χ0v) is 4.53. The molecule has 3 heteroatoms.